The van der Waals surface area contributed by atoms with Crippen molar-refractivity contribution in [2.75, 3.05) is 27.3 Å². The Morgan fingerprint density at radius 1 is 1.35 bits per heavy atom. The third-order valence-corrected chi connectivity index (χ3v) is 4.59. The number of fused-ring (bicyclic) bond motifs is 2. The average Bonchev–Trinajstić information content (AvgIpc) is 2.43. The molecule has 2 bridgehead atoms. The summed E-state index contributed by atoms with van der Waals surface area (Å²) in [5.74, 6) is 6.28. The Morgan fingerprint density at radius 3 is 2.65 bits per heavy atom. The molecule has 2 atom stereocenters. The van der Waals surface area contributed by atoms with Gasteiger partial charge in [-0.2, -0.15) is 0 Å². The van der Waals surface area contributed by atoms with Crippen LogP contribution in [0, 0.1) is 0 Å². The van der Waals surface area contributed by atoms with Crippen molar-refractivity contribution in [3.8, 4) is 0 Å². The van der Waals surface area contributed by atoms with E-state index < -0.39 is 0 Å². The van der Waals surface area contributed by atoms with E-state index in [1.165, 1.54) is 32.1 Å². The molecule has 20 heavy (non-hydrogen) atoms. The summed E-state index contributed by atoms with van der Waals surface area (Å²) in [6, 6.07) is 1.92. The van der Waals surface area contributed by atoms with Crippen LogP contribution < -0.4 is 16.6 Å². The second-order valence-electron chi connectivity index (χ2n) is 5.94. The number of aliphatic imine (C=N–C) groups is 1. The Hall–Kier alpha value is -0.850. The van der Waals surface area contributed by atoms with Gasteiger partial charge in [-0.05, 0) is 39.2 Å². The summed E-state index contributed by atoms with van der Waals surface area (Å²) in [7, 11) is 3.98. The lowest BCUT2D eigenvalue weighted by atomic mass is 9.82. The SMILES string of the molecule is COCCCN=C(NN)NC1CC2CCCC(C1)N2C. The molecule has 116 valence electrons. The number of hydrogen-bond acceptors (Lipinski definition) is 4. The summed E-state index contributed by atoms with van der Waals surface area (Å²) in [5.41, 5.74) is 2.69. The van der Waals surface area contributed by atoms with Gasteiger partial charge >= 0.3 is 0 Å². The molecule has 0 aromatic heterocycles. The molecule has 2 unspecified atom stereocenters. The monoisotopic (exact) mass is 283 g/mol. The molecule has 0 amide bonds. The van der Waals surface area contributed by atoms with E-state index in [0.29, 0.717) is 24.1 Å². The highest BCUT2D eigenvalue weighted by atomic mass is 16.5. The number of nitrogens with one attached hydrogen (secondary N) is 2. The number of methoxy groups -OCH3 is 1. The number of guanidine groups is 1. The Kier molecular flexibility index (Phi) is 6.06. The van der Waals surface area contributed by atoms with E-state index in [2.05, 4.69) is 27.7 Å². The molecule has 0 spiro atoms. The molecule has 2 saturated heterocycles. The quantitative estimate of drug-likeness (QED) is 0.224. The molecular formula is C14H29N5O. The van der Waals surface area contributed by atoms with Crippen LogP contribution >= 0.6 is 0 Å². The molecule has 2 aliphatic rings. The maximum absolute atomic E-state index is 5.56. The van der Waals surface area contributed by atoms with Gasteiger partial charge in [-0.15, -0.1) is 0 Å². The third kappa shape index (κ3) is 4.07. The first kappa shape index (κ1) is 15.5. The van der Waals surface area contributed by atoms with E-state index in [0.717, 1.165) is 19.6 Å². The Morgan fingerprint density at radius 2 is 2.05 bits per heavy atom. The van der Waals surface area contributed by atoms with Crippen LogP contribution in [0.4, 0.5) is 0 Å². The zero-order valence-electron chi connectivity index (χ0n) is 12.8. The van der Waals surface area contributed by atoms with Crippen molar-refractivity contribution in [1.82, 2.24) is 15.6 Å². The molecule has 0 radical (unpaired) electrons. The molecule has 2 aliphatic heterocycles. The normalized spacial score (nSPS) is 31.1. The van der Waals surface area contributed by atoms with Crippen LogP contribution in [0.5, 0.6) is 0 Å². The molecule has 0 aromatic rings. The van der Waals surface area contributed by atoms with Crippen LogP contribution in [0.3, 0.4) is 0 Å². The average molecular weight is 283 g/mol. The smallest absolute Gasteiger partial charge is 0.205 e. The number of hydrogen-bond donors (Lipinski definition) is 3. The molecule has 0 saturated carbocycles. The molecule has 2 fully saturated rings. The summed E-state index contributed by atoms with van der Waals surface area (Å²) in [6.07, 6.45) is 7.31. The van der Waals surface area contributed by atoms with E-state index in [1.807, 2.05) is 0 Å². The molecule has 6 nitrogen and oxygen atoms in total. The van der Waals surface area contributed by atoms with Crippen molar-refractivity contribution in [3.63, 3.8) is 0 Å². The molecule has 0 aliphatic carbocycles. The number of nitrogens with two attached hydrogens (primary N) is 1. The van der Waals surface area contributed by atoms with Gasteiger partial charge in [0.25, 0.3) is 0 Å². The minimum Gasteiger partial charge on any atom is -0.385 e. The predicted octanol–water partition coefficient (Wildman–Crippen LogP) is 0.447. The van der Waals surface area contributed by atoms with Gasteiger partial charge in [-0.25, -0.2) is 5.84 Å². The van der Waals surface area contributed by atoms with Crippen LogP contribution in [0.1, 0.15) is 38.5 Å². The van der Waals surface area contributed by atoms with E-state index in [1.54, 1.807) is 7.11 Å². The van der Waals surface area contributed by atoms with Crippen molar-refractivity contribution >= 4 is 5.96 Å². The van der Waals surface area contributed by atoms with Gasteiger partial charge in [0.15, 0.2) is 0 Å². The zero-order valence-corrected chi connectivity index (χ0v) is 12.8. The maximum atomic E-state index is 5.56. The third-order valence-electron chi connectivity index (χ3n) is 4.59. The fourth-order valence-corrected chi connectivity index (χ4v) is 3.46. The van der Waals surface area contributed by atoms with Crippen molar-refractivity contribution < 1.29 is 4.74 Å². The van der Waals surface area contributed by atoms with Gasteiger partial charge in [0, 0.05) is 38.4 Å². The molecule has 4 N–H and O–H groups in total. The van der Waals surface area contributed by atoms with Gasteiger partial charge in [-0.3, -0.25) is 10.4 Å². The first-order valence-electron chi connectivity index (χ1n) is 7.73. The topological polar surface area (TPSA) is 74.9 Å². The fourth-order valence-electron chi connectivity index (χ4n) is 3.46. The van der Waals surface area contributed by atoms with E-state index in [-0.39, 0.29) is 0 Å². The summed E-state index contributed by atoms with van der Waals surface area (Å²) < 4.78 is 5.02. The van der Waals surface area contributed by atoms with Crippen molar-refractivity contribution in [1.29, 1.82) is 0 Å². The minimum absolute atomic E-state index is 0.485. The first-order chi connectivity index (χ1) is 9.74. The van der Waals surface area contributed by atoms with Crippen molar-refractivity contribution in [2.24, 2.45) is 10.8 Å². The predicted molar refractivity (Wildman–Crippen MR) is 81.5 cm³/mol. The first-order valence-corrected chi connectivity index (χ1v) is 7.73. The second-order valence-corrected chi connectivity index (χ2v) is 5.94. The van der Waals surface area contributed by atoms with Crippen molar-refractivity contribution in [3.05, 3.63) is 0 Å². The number of ether oxygens (including phenoxy) is 1. The summed E-state index contributed by atoms with van der Waals surface area (Å²) in [4.78, 5) is 7.03. The van der Waals surface area contributed by atoms with E-state index in [4.69, 9.17) is 10.6 Å². The minimum atomic E-state index is 0.485. The van der Waals surface area contributed by atoms with Gasteiger partial charge in [0.1, 0.15) is 0 Å². The summed E-state index contributed by atoms with van der Waals surface area (Å²) in [5, 5.41) is 3.48. The molecule has 2 rings (SSSR count). The highest BCUT2D eigenvalue weighted by molar-refractivity contribution is 5.79. The lowest BCUT2D eigenvalue weighted by Crippen LogP contribution is -2.57. The van der Waals surface area contributed by atoms with E-state index >= 15 is 0 Å². The molecular weight excluding hydrogens is 254 g/mol. The van der Waals surface area contributed by atoms with Gasteiger partial charge in [0.2, 0.25) is 5.96 Å². The van der Waals surface area contributed by atoms with E-state index in [9.17, 15) is 0 Å². The van der Waals surface area contributed by atoms with Crippen LogP contribution in [-0.2, 0) is 4.74 Å². The molecule has 0 aromatic carbocycles. The second kappa shape index (κ2) is 7.81. The lowest BCUT2D eigenvalue weighted by molar-refractivity contribution is 0.0526. The molecule has 6 heteroatoms. The largest absolute Gasteiger partial charge is 0.385 e. The fraction of sp³-hybridized carbons (Fsp3) is 0.929. The zero-order chi connectivity index (χ0) is 14.4. The summed E-state index contributed by atoms with van der Waals surface area (Å²) >= 11 is 0. The Bertz CT molecular complexity index is 309. The maximum Gasteiger partial charge on any atom is 0.205 e. The van der Waals surface area contributed by atoms with Crippen LogP contribution in [0.2, 0.25) is 0 Å². The Balaban J connectivity index is 1.82. The van der Waals surface area contributed by atoms with Crippen molar-refractivity contribution in [2.45, 2.75) is 56.7 Å². The van der Waals surface area contributed by atoms with Gasteiger partial charge in [-0.1, -0.05) is 6.42 Å². The van der Waals surface area contributed by atoms with Crippen LogP contribution in [0.25, 0.3) is 0 Å². The molecule has 2 heterocycles. The van der Waals surface area contributed by atoms with Crippen LogP contribution in [-0.4, -0.2) is 56.3 Å². The van der Waals surface area contributed by atoms with Crippen LogP contribution in [0.15, 0.2) is 4.99 Å². The lowest BCUT2D eigenvalue weighted by Gasteiger charge is -2.47. The number of piperidine rings is 2. The Labute approximate surface area is 122 Å². The number of rotatable bonds is 5. The highest BCUT2D eigenvalue weighted by Crippen LogP contribution is 2.32. The number of nitrogens with zero attached hydrogens (tertiary/aromatic N) is 2. The standard InChI is InChI=1S/C14H29N5O/c1-19-12-5-3-6-13(19)10-11(9-12)17-14(18-15)16-7-4-8-20-2/h11-13H,3-10,15H2,1-2H3,(H2,16,17,18). The summed E-state index contributed by atoms with van der Waals surface area (Å²) in [6.45, 7) is 1.47. The highest BCUT2D eigenvalue weighted by Gasteiger charge is 2.36. The number of hydrazine groups is 1. The van der Waals surface area contributed by atoms with Gasteiger partial charge < -0.3 is 15.0 Å². The van der Waals surface area contributed by atoms with Gasteiger partial charge in [0.05, 0.1) is 0 Å².